The van der Waals surface area contributed by atoms with Gasteiger partial charge in [-0.15, -0.1) is 5.10 Å². The van der Waals surface area contributed by atoms with Gasteiger partial charge in [-0.25, -0.2) is 9.48 Å². The van der Waals surface area contributed by atoms with Crippen LogP contribution in [0.2, 0.25) is 0 Å². The number of alkyl halides is 3. The number of hydrogen-bond donors (Lipinski definition) is 1. The monoisotopic (exact) mass is 411 g/mol. The predicted molar refractivity (Wildman–Crippen MR) is 102 cm³/mol. The quantitative estimate of drug-likeness (QED) is 0.839. The number of hydrogen-bond acceptors (Lipinski definition) is 4. The highest BCUT2D eigenvalue weighted by Gasteiger charge is 2.39. The van der Waals surface area contributed by atoms with Crippen LogP contribution in [0.5, 0.6) is 0 Å². The highest BCUT2D eigenvalue weighted by molar-refractivity contribution is 5.93. The molecule has 158 valence electrons. The Morgan fingerprint density at radius 3 is 2.48 bits per heavy atom. The molecule has 1 N–H and O–H groups in total. The van der Waals surface area contributed by atoms with E-state index >= 15 is 0 Å². The fourth-order valence-electron chi connectivity index (χ4n) is 3.54. The van der Waals surface area contributed by atoms with Crippen LogP contribution >= 0.6 is 0 Å². The number of rotatable bonds is 4. The Hall–Kier alpha value is -2.62. The maximum absolute atomic E-state index is 13.0. The molecule has 1 fully saturated rings. The lowest BCUT2D eigenvalue weighted by Crippen LogP contribution is -2.41. The molecule has 10 heteroatoms. The molecular weight excluding hydrogens is 387 g/mol. The minimum Gasteiger partial charge on any atom is -0.325 e. The molecule has 1 aromatic carbocycles. The molecule has 0 spiro atoms. The molecule has 1 amide bonds. The number of halogens is 3. The van der Waals surface area contributed by atoms with Crippen molar-refractivity contribution >= 4 is 11.6 Å². The average Bonchev–Trinajstić information content (AvgIpc) is 2.95. The number of anilines is 1. The van der Waals surface area contributed by atoms with E-state index in [1.54, 1.807) is 0 Å². The predicted octanol–water partition coefficient (Wildman–Crippen LogP) is 2.49. The van der Waals surface area contributed by atoms with Crippen molar-refractivity contribution in [1.82, 2.24) is 19.2 Å². The number of carbonyl (C=O) groups excluding carboxylic acids is 1. The van der Waals surface area contributed by atoms with E-state index in [0.29, 0.717) is 30.5 Å². The summed E-state index contributed by atoms with van der Waals surface area (Å²) in [5.74, 6) is -1.34. The number of aryl methyl sites for hydroxylation is 1. The summed E-state index contributed by atoms with van der Waals surface area (Å²) < 4.78 is 40.3. The standard InChI is InChI=1S/C19H24F3N5O2/c1-12-5-4-6-15(13(12)2)23-16(28)11-26-9-7-14(8-10-26)27-18(29)25(3)17(24-27)19(20,21)22/h4-6,14H,7-11H2,1-3H3,(H,23,28). The zero-order chi connectivity index (χ0) is 21.3. The van der Waals surface area contributed by atoms with E-state index in [1.165, 1.54) is 0 Å². The number of likely N-dealkylation sites (tertiary alicyclic amines) is 1. The second-order valence-electron chi connectivity index (χ2n) is 7.41. The van der Waals surface area contributed by atoms with Crippen LogP contribution < -0.4 is 11.0 Å². The lowest BCUT2D eigenvalue weighted by molar-refractivity contribution is -0.147. The largest absolute Gasteiger partial charge is 0.451 e. The van der Waals surface area contributed by atoms with E-state index in [-0.39, 0.29) is 12.5 Å². The van der Waals surface area contributed by atoms with Gasteiger partial charge in [0.15, 0.2) is 0 Å². The Morgan fingerprint density at radius 1 is 1.24 bits per heavy atom. The first-order chi connectivity index (χ1) is 13.6. The third-order valence-electron chi connectivity index (χ3n) is 5.41. The Labute approximate surface area is 166 Å². The first-order valence-corrected chi connectivity index (χ1v) is 9.39. The molecule has 1 saturated heterocycles. The normalized spacial score (nSPS) is 16.2. The Balaban J connectivity index is 1.59. The van der Waals surface area contributed by atoms with Gasteiger partial charge in [0.2, 0.25) is 11.7 Å². The van der Waals surface area contributed by atoms with Gasteiger partial charge in [0.05, 0.1) is 12.6 Å². The van der Waals surface area contributed by atoms with Crippen LogP contribution in [-0.4, -0.2) is 44.8 Å². The smallest absolute Gasteiger partial charge is 0.325 e. The van der Waals surface area contributed by atoms with Gasteiger partial charge < -0.3 is 5.32 Å². The van der Waals surface area contributed by atoms with E-state index in [2.05, 4.69) is 10.4 Å². The number of nitrogens with one attached hydrogen (secondary N) is 1. The average molecular weight is 411 g/mol. The highest BCUT2D eigenvalue weighted by atomic mass is 19.4. The number of carbonyl (C=O) groups is 1. The number of benzene rings is 1. The molecule has 0 aliphatic carbocycles. The van der Waals surface area contributed by atoms with Crippen molar-refractivity contribution in [2.24, 2.45) is 7.05 Å². The van der Waals surface area contributed by atoms with E-state index < -0.39 is 23.7 Å². The number of piperidine rings is 1. The van der Waals surface area contributed by atoms with Crippen LogP contribution in [-0.2, 0) is 18.0 Å². The third-order valence-corrected chi connectivity index (χ3v) is 5.41. The summed E-state index contributed by atoms with van der Waals surface area (Å²) in [5, 5.41) is 6.41. The van der Waals surface area contributed by atoms with Crippen LogP contribution in [0.1, 0.15) is 35.8 Å². The molecule has 1 aliphatic heterocycles. The van der Waals surface area contributed by atoms with E-state index in [0.717, 1.165) is 28.5 Å². The first-order valence-electron chi connectivity index (χ1n) is 9.39. The molecule has 0 radical (unpaired) electrons. The van der Waals surface area contributed by atoms with Crippen molar-refractivity contribution in [2.75, 3.05) is 25.0 Å². The fourth-order valence-corrected chi connectivity index (χ4v) is 3.54. The minimum absolute atomic E-state index is 0.147. The lowest BCUT2D eigenvalue weighted by Gasteiger charge is -2.31. The van der Waals surface area contributed by atoms with Gasteiger partial charge in [0.25, 0.3) is 0 Å². The third kappa shape index (κ3) is 4.52. The van der Waals surface area contributed by atoms with Crippen molar-refractivity contribution in [3.8, 4) is 0 Å². The van der Waals surface area contributed by atoms with Gasteiger partial charge in [-0.1, -0.05) is 12.1 Å². The van der Waals surface area contributed by atoms with Crippen LogP contribution in [0, 0.1) is 13.8 Å². The molecule has 1 aromatic heterocycles. The topological polar surface area (TPSA) is 72.2 Å². The summed E-state index contributed by atoms with van der Waals surface area (Å²) in [4.78, 5) is 26.4. The summed E-state index contributed by atoms with van der Waals surface area (Å²) in [5.41, 5.74) is 2.09. The zero-order valence-corrected chi connectivity index (χ0v) is 16.6. The van der Waals surface area contributed by atoms with E-state index in [1.807, 2.05) is 36.9 Å². The Kier molecular flexibility index (Phi) is 5.83. The number of nitrogens with zero attached hydrogens (tertiary/aromatic N) is 4. The van der Waals surface area contributed by atoms with Crippen molar-refractivity contribution in [3.63, 3.8) is 0 Å². The van der Waals surface area contributed by atoms with Crippen molar-refractivity contribution in [2.45, 2.75) is 38.9 Å². The van der Waals surface area contributed by atoms with Crippen LogP contribution in [0.4, 0.5) is 18.9 Å². The molecule has 0 atom stereocenters. The summed E-state index contributed by atoms with van der Waals surface area (Å²) in [6, 6.07) is 5.28. The molecule has 3 rings (SSSR count). The number of amides is 1. The van der Waals surface area contributed by atoms with Crippen LogP contribution in [0.3, 0.4) is 0 Å². The summed E-state index contributed by atoms with van der Waals surface area (Å²) in [7, 11) is 1.07. The van der Waals surface area contributed by atoms with Crippen molar-refractivity contribution in [1.29, 1.82) is 0 Å². The van der Waals surface area contributed by atoms with Gasteiger partial charge in [-0.2, -0.15) is 13.2 Å². The van der Waals surface area contributed by atoms with Gasteiger partial charge in [-0.3, -0.25) is 14.3 Å². The van der Waals surface area contributed by atoms with Crippen LogP contribution in [0.15, 0.2) is 23.0 Å². The lowest BCUT2D eigenvalue weighted by atomic mass is 10.1. The molecule has 1 aliphatic rings. The van der Waals surface area contributed by atoms with Gasteiger partial charge in [0.1, 0.15) is 0 Å². The molecular formula is C19H24F3N5O2. The summed E-state index contributed by atoms with van der Waals surface area (Å²) in [6.45, 7) is 5.09. The maximum Gasteiger partial charge on any atom is 0.451 e. The molecule has 7 nitrogen and oxygen atoms in total. The summed E-state index contributed by atoms with van der Waals surface area (Å²) in [6.07, 6.45) is -3.78. The van der Waals surface area contributed by atoms with Crippen molar-refractivity contribution in [3.05, 3.63) is 45.6 Å². The fraction of sp³-hybridized carbons (Fsp3) is 0.526. The van der Waals surface area contributed by atoms with Gasteiger partial charge in [0, 0.05) is 25.8 Å². The molecule has 2 heterocycles. The first kappa shape index (κ1) is 21.1. The molecule has 0 bridgehead atoms. The molecule has 29 heavy (non-hydrogen) atoms. The minimum atomic E-state index is -4.67. The maximum atomic E-state index is 13.0. The Morgan fingerprint density at radius 2 is 1.90 bits per heavy atom. The molecule has 2 aromatic rings. The van der Waals surface area contributed by atoms with E-state index in [9.17, 15) is 22.8 Å². The van der Waals surface area contributed by atoms with Crippen LogP contribution in [0.25, 0.3) is 0 Å². The van der Waals surface area contributed by atoms with E-state index in [4.69, 9.17) is 0 Å². The highest BCUT2D eigenvalue weighted by Crippen LogP contribution is 2.28. The second kappa shape index (κ2) is 8.02. The molecule has 0 unspecified atom stereocenters. The Bertz CT molecular complexity index is 956. The van der Waals surface area contributed by atoms with Gasteiger partial charge >= 0.3 is 11.9 Å². The number of aromatic nitrogens is 3. The summed E-state index contributed by atoms with van der Waals surface area (Å²) >= 11 is 0. The van der Waals surface area contributed by atoms with Gasteiger partial charge in [-0.05, 0) is 43.9 Å². The zero-order valence-electron chi connectivity index (χ0n) is 16.6. The molecule has 0 saturated carbocycles. The van der Waals surface area contributed by atoms with Crippen molar-refractivity contribution < 1.29 is 18.0 Å². The SMILES string of the molecule is Cc1cccc(NC(=O)CN2CCC(n3nc(C(F)(F)F)n(C)c3=O)CC2)c1C. The second-order valence-corrected chi connectivity index (χ2v) is 7.41.